The van der Waals surface area contributed by atoms with Crippen molar-refractivity contribution in [3.63, 3.8) is 0 Å². The fraction of sp³-hybridized carbons (Fsp3) is 0.596. The fourth-order valence-electron chi connectivity index (χ4n) is 10.7. The Hall–Kier alpha value is -4.45. The molecule has 5 fully saturated rings. The average molecular weight is 881 g/mol. The molecule has 16 heteroatoms. The van der Waals surface area contributed by atoms with Gasteiger partial charge in [-0.3, -0.25) is 29.3 Å². The fourth-order valence-corrected chi connectivity index (χ4v) is 11.5. The molecule has 4 aromatic rings. The SMILES string of the molecule is CCn1c(-c2cc(N3CCN4CCOC[C@@H]4C3)cnc2[C@H](C)OC)c2c3cc(ccc31)-c1csc(n1)C[C@H](NC(=O)C1[C@H]3COC[C@@H]13)C(=O)N1CCC[C@H](N1)C(=O)OCC(C)(C)C2. The van der Waals surface area contributed by atoms with Crippen LogP contribution >= 0.6 is 11.3 Å². The number of nitrogens with zero attached hydrogens (tertiary/aromatic N) is 6. The number of hydrogen-bond acceptors (Lipinski definition) is 13. The molecule has 1 unspecified atom stereocenters. The molecule has 0 spiro atoms. The maximum Gasteiger partial charge on any atom is 0.324 e. The summed E-state index contributed by atoms with van der Waals surface area (Å²) >= 11 is 1.49. The van der Waals surface area contributed by atoms with Crippen LogP contribution in [0.25, 0.3) is 33.4 Å². The first-order valence-corrected chi connectivity index (χ1v) is 23.7. The summed E-state index contributed by atoms with van der Waals surface area (Å²) in [6.07, 6.45) is 3.71. The van der Waals surface area contributed by atoms with Crippen molar-refractivity contribution < 1.29 is 33.3 Å². The van der Waals surface area contributed by atoms with Gasteiger partial charge in [0.25, 0.3) is 5.91 Å². The van der Waals surface area contributed by atoms with Gasteiger partial charge in [0, 0.05) is 91.5 Å². The van der Waals surface area contributed by atoms with Gasteiger partial charge in [0.2, 0.25) is 5.91 Å². The van der Waals surface area contributed by atoms with Crippen molar-refractivity contribution >= 4 is 45.7 Å². The number of hydrazine groups is 1. The Labute approximate surface area is 372 Å². The van der Waals surface area contributed by atoms with Gasteiger partial charge in [-0.05, 0) is 68.7 Å². The first kappa shape index (κ1) is 42.5. The number of esters is 1. The van der Waals surface area contributed by atoms with Crippen LogP contribution in [0, 0.1) is 23.2 Å². The van der Waals surface area contributed by atoms with Gasteiger partial charge >= 0.3 is 5.97 Å². The molecule has 15 nitrogen and oxygen atoms in total. The van der Waals surface area contributed by atoms with Gasteiger partial charge in [0.05, 0.1) is 79.2 Å². The molecule has 336 valence electrons. The standard InChI is InChI=1S/C47H60N8O7S/c1-6-54-39-10-9-28-16-31(39)33(43(54)32-17-29(20-48-42(32)27(2)59-5)53-13-12-52-14-15-60-22-30(52)21-53)19-47(3,4)26-62-46(58)36-8-7-11-55(51-36)45(57)37(18-40-49-38(28)25-63-40)50-44(56)41-34-23-61-24-35(34)41/h9-10,16-17,20,25,27,30,34-37,41,51H,6-8,11-15,18-19,21-24,26H2,1-5H3,(H,50,56)/t27-,30-,34-,35+,36-,37-,41?/m0/s1. The minimum absolute atomic E-state index is 0.125. The Bertz CT molecular complexity index is 2390. The highest BCUT2D eigenvalue weighted by atomic mass is 32.1. The number of anilines is 1. The monoisotopic (exact) mass is 880 g/mol. The zero-order chi connectivity index (χ0) is 43.6. The van der Waals surface area contributed by atoms with Crippen molar-refractivity contribution in [2.45, 2.75) is 84.2 Å². The number of carbonyl (C=O) groups is 3. The summed E-state index contributed by atoms with van der Waals surface area (Å²) in [7, 11) is 1.73. The summed E-state index contributed by atoms with van der Waals surface area (Å²) < 4.78 is 26.0. The smallest absolute Gasteiger partial charge is 0.324 e. The lowest BCUT2D eigenvalue weighted by Crippen LogP contribution is -2.60. The molecule has 1 aromatic carbocycles. The molecule has 4 saturated heterocycles. The average Bonchev–Trinajstić information content (AvgIpc) is 3.63. The number of morpholine rings is 1. The van der Waals surface area contributed by atoms with E-state index in [4.69, 9.17) is 28.9 Å². The number of piperazine rings is 1. The van der Waals surface area contributed by atoms with Crippen molar-refractivity contribution in [2.75, 3.05) is 77.8 Å². The number of hydrogen-bond donors (Lipinski definition) is 2. The number of aromatic nitrogens is 3. The Balaban J connectivity index is 1.07. The van der Waals surface area contributed by atoms with Gasteiger partial charge in [-0.2, -0.15) is 0 Å². The lowest BCUT2D eigenvalue weighted by atomic mass is 9.84. The summed E-state index contributed by atoms with van der Waals surface area (Å²) in [5.41, 5.74) is 10.7. The Morgan fingerprint density at radius 3 is 2.75 bits per heavy atom. The van der Waals surface area contributed by atoms with E-state index in [0.717, 1.165) is 94.8 Å². The van der Waals surface area contributed by atoms with Crippen LogP contribution in [0.5, 0.6) is 0 Å². The third kappa shape index (κ3) is 8.16. The highest BCUT2D eigenvalue weighted by Crippen LogP contribution is 2.51. The molecule has 0 radical (unpaired) electrons. The van der Waals surface area contributed by atoms with Crippen LogP contribution in [0.3, 0.4) is 0 Å². The molecule has 10 rings (SSSR count). The second-order valence-corrected chi connectivity index (χ2v) is 20.0. The number of methoxy groups -OCH3 is 1. The molecule has 63 heavy (non-hydrogen) atoms. The van der Waals surface area contributed by atoms with E-state index in [1.54, 1.807) is 7.11 Å². The van der Waals surface area contributed by atoms with E-state index in [1.165, 1.54) is 16.3 Å². The summed E-state index contributed by atoms with van der Waals surface area (Å²) in [6.45, 7) is 16.2. The Morgan fingerprint density at radius 2 is 1.94 bits per heavy atom. The number of ether oxygens (including phenoxy) is 4. The number of aryl methyl sites for hydroxylation is 1. The van der Waals surface area contributed by atoms with E-state index < -0.39 is 23.5 Å². The lowest BCUT2D eigenvalue weighted by molar-refractivity contribution is -0.155. The number of pyridine rings is 1. The van der Waals surface area contributed by atoms with Crippen LogP contribution in [0.1, 0.15) is 62.9 Å². The van der Waals surface area contributed by atoms with Gasteiger partial charge in [-0.15, -0.1) is 11.3 Å². The summed E-state index contributed by atoms with van der Waals surface area (Å²) in [6, 6.07) is 7.64. The summed E-state index contributed by atoms with van der Waals surface area (Å²) in [5.74, 6) is -0.552. The van der Waals surface area contributed by atoms with Crippen LogP contribution in [-0.2, 0) is 52.7 Å². The van der Waals surface area contributed by atoms with Crippen LogP contribution in [0.15, 0.2) is 35.8 Å². The number of benzene rings is 1. The first-order valence-electron chi connectivity index (χ1n) is 22.8. The Kier molecular flexibility index (Phi) is 11.6. The van der Waals surface area contributed by atoms with Crippen molar-refractivity contribution in [1.29, 1.82) is 0 Å². The van der Waals surface area contributed by atoms with Crippen molar-refractivity contribution in [1.82, 2.24) is 35.2 Å². The van der Waals surface area contributed by atoms with E-state index in [2.05, 4.69) is 70.1 Å². The molecule has 1 saturated carbocycles. The minimum Gasteiger partial charge on any atom is -0.464 e. The normalized spacial score (nSPS) is 28.0. The van der Waals surface area contributed by atoms with Crippen LogP contribution < -0.4 is 15.6 Å². The van der Waals surface area contributed by atoms with E-state index in [-0.39, 0.29) is 48.7 Å². The second kappa shape index (κ2) is 17.2. The van der Waals surface area contributed by atoms with E-state index in [1.807, 2.05) is 18.5 Å². The van der Waals surface area contributed by atoms with Gasteiger partial charge in [-0.25, -0.2) is 10.4 Å². The molecule has 5 aliphatic heterocycles. The third-order valence-corrected chi connectivity index (χ3v) is 15.1. The van der Waals surface area contributed by atoms with E-state index >= 15 is 0 Å². The molecule has 2 N–H and O–H groups in total. The van der Waals surface area contributed by atoms with Gasteiger partial charge in [0.15, 0.2) is 0 Å². The number of cyclic esters (lactones) is 1. The molecule has 6 bridgehead atoms. The molecular weight excluding hydrogens is 821 g/mol. The molecule has 1 aliphatic carbocycles. The largest absolute Gasteiger partial charge is 0.464 e. The highest BCUT2D eigenvalue weighted by Gasteiger charge is 2.58. The maximum atomic E-state index is 14.3. The first-order chi connectivity index (χ1) is 30.5. The van der Waals surface area contributed by atoms with Gasteiger partial charge < -0.3 is 33.7 Å². The topological polar surface area (TPSA) is 153 Å². The van der Waals surface area contributed by atoms with E-state index in [0.29, 0.717) is 51.6 Å². The van der Waals surface area contributed by atoms with Gasteiger partial charge in [-0.1, -0.05) is 19.9 Å². The lowest BCUT2D eigenvalue weighted by Gasteiger charge is -2.44. The van der Waals surface area contributed by atoms with Gasteiger partial charge in [0.1, 0.15) is 12.1 Å². The number of amides is 2. The third-order valence-electron chi connectivity index (χ3n) is 14.3. The van der Waals surface area contributed by atoms with Crippen LogP contribution in [0.2, 0.25) is 0 Å². The molecule has 7 atom stereocenters. The number of fused-ring (bicyclic) bond motifs is 8. The zero-order valence-corrected chi connectivity index (χ0v) is 37.9. The molecule has 6 aliphatic rings. The number of rotatable bonds is 7. The van der Waals surface area contributed by atoms with Crippen LogP contribution in [0.4, 0.5) is 5.69 Å². The zero-order valence-electron chi connectivity index (χ0n) is 37.1. The Morgan fingerprint density at radius 1 is 1.10 bits per heavy atom. The maximum absolute atomic E-state index is 14.3. The highest BCUT2D eigenvalue weighted by molar-refractivity contribution is 7.10. The van der Waals surface area contributed by atoms with Crippen LogP contribution in [-0.4, -0.2) is 133 Å². The molecule has 3 aromatic heterocycles. The second-order valence-electron chi connectivity index (χ2n) is 19.1. The summed E-state index contributed by atoms with van der Waals surface area (Å²) in [5, 5.41) is 8.49. The predicted molar refractivity (Wildman–Crippen MR) is 239 cm³/mol. The molecular formula is C47H60N8O7S. The number of carbonyl (C=O) groups excluding carboxylic acids is 3. The van der Waals surface area contributed by atoms with Crippen molar-refractivity contribution in [2.24, 2.45) is 23.2 Å². The minimum atomic E-state index is -0.859. The summed E-state index contributed by atoms with van der Waals surface area (Å²) in [4.78, 5) is 57.1. The van der Waals surface area contributed by atoms with E-state index in [9.17, 15) is 14.4 Å². The molecule has 8 heterocycles. The predicted octanol–water partition coefficient (Wildman–Crippen LogP) is 4.62. The quantitative estimate of drug-likeness (QED) is 0.250. The van der Waals surface area contributed by atoms with Crippen molar-refractivity contribution in [3.8, 4) is 22.5 Å². The van der Waals surface area contributed by atoms with Crippen molar-refractivity contribution in [3.05, 3.63) is 52.1 Å². The number of nitrogens with one attached hydrogen (secondary N) is 2. The number of thiazole rings is 1. The molecule has 2 amide bonds.